The van der Waals surface area contributed by atoms with E-state index in [1.54, 1.807) is 0 Å². The number of para-hydroxylation sites is 1. The lowest BCUT2D eigenvalue weighted by Gasteiger charge is -2.27. The maximum atomic E-state index is 6.34. The number of ether oxygens (including phenoxy) is 1. The van der Waals surface area contributed by atoms with Crippen molar-refractivity contribution in [3.05, 3.63) is 59.9 Å². The summed E-state index contributed by atoms with van der Waals surface area (Å²) in [6, 6.07) is 14.6. The lowest BCUT2D eigenvalue weighted by atomic mass is 9.86. The quantitative estimate of drug-likeness (QED) is 0.915. The summed E-state index contributed by atoms with van der Waals surface area (Å²) < 4.78 is 5.71. The van der Waals surface area contributed by atoms with E-state index in [1.807, 2.05) is 24.4 Å². The molecule has 1 aromatic heterocycles. The Balaban J connectivity index is 1.57. The molecule has 1 aromatic carbocycles. The number of fused-ring (bicyclic) bond motifs is 1. The lowest BCUT2D eigenvalue weighted by Crippen LogP contribution is -2.26. The van der Waals surface area contributed by atoms with Crippen LogP contribution in [0, 0.1) is 0 Å². The minimum Gasteiger partial charge on any atom is -0.493 e. The largest absolute Gasteiger partial charge is 0.493 e. The van der Waals surface area contributed by atoms with Gasteiger partial charge in [0.25, 0.3) is 0 Å². The summed E-state index contributed by atoms with van der Waals surface area (Å²) >= 11 is 0. The van der Waals surface area contributed by atoms with Crippen molar-refractivity contribution in [2.45, 2.75) is 37.6 Å². The van der Waals surface area contributed by atoms with Gasteiger partial charge >= 0.3 is 0 Å². The molecule has 2 atom stereocenters. The van der Waals surface area contributed by atoms with E-state index >= 15 is 0 Å². The molecule has 3 heteroatoms. The van der Waals surface area contributed by atoms with Crippen molar-refractivity contribution in [3.63, 3.8) is 0 Å². The predicted octanol–water partition coefficient (Wildman–Crippen LogP) is 3.30. The molecule has 110 valence electrons. The topological polar surface area (TPSA) is 48.1 Å². The molecule has 1 aliphatic heterocycles. The Bertz CT molecular complexity index is 570. The van der Waals surface area contributed by atoms with Gasteiger partial charge in [-0.3, -0.25) is 4.98 Å². The number of rotatable bonds is 5. The van der Waals surface area contributed by atoms with E-state index < -0.39 is 0 Å². The highest BCUT2D eigenvalue weighted by Crippen LogP contribution is 2.36. The molecule has 1 aliphatic rings. The number of benzene rings is 1. The molecule has 2 N–H and O–H groups in total. The highest BCUT2D eigenvalue weighted by atomic mass is 16.5. The van der Waals surface area contributed by atoms with Crippen LogP contribution >= 0.6 is 0 Å². The summed E-state index contributed by atoms with van der Waals surface area (Å²) in [5.41, 5.74) is 8.78. The van der Waals surface area contributed by atoms with E-state index in [-0.39, 0.29) is 6.04 Å². The summed E-state index contributed by atoms with van der Waals surface area (Å²) in [5, 5.41) is 0. The maximum Gasteiger partial charge on any atom is 0.122 e. The smallest absolute Gasteiger partial charge is 0.122 e. The van der Waals surface area contributed by atoms with Crippen molar-refractivity contribution < 1.29 is 4.74 Å². The fourth-order valence-corrected chi connectivity index (χ4v) is 3.02. The third-order valence-electron chi connectivity index (χ3n) is 4.17. The number of nitrogens with zero attached hydrogens (tertiary/aromatic N) is 1. The molecular formula is C18H22N2O. The van der Waals surface area contributed by atoms with Crippen molar-refractivity contribution >= 4 is 0 Å². The van der Waals surface area contributed by atoms with Gasteiger partial charge in [-0.1, -0.05) is 24.3 Å². The molecule has 0 fully saturated rings. The molecule has 21 heavy (non-hydrogen) atoms. The molecule has 0 saturated heterocycles. The molecule has 3 nitrogen and oxygen atoms in total. The van der Waals surface area contributed by atoms with Crippen molar-refractivity contribution in [3.8, 4) is 5.75 Å². The summed E-state index contributed by atoms with van der Waals surface area (Å²) in [6.45, 7) is 0.800. The molecule has 0 aliphatic carbocycles. The Labute approximate surface area is 126 Å². The Morgan fingerprint density at radius 1 is 1.19 bits per heavy atom. The first-order valence-electron chi connectivity index (χ1n) is 7.70. The van der Waals surface area contributed by atoms with Crippen LogP contribution in [0.25, 0.3) is 0 Å². The van der Waals surface area contributed by atoms with E-state index in [9.17, 15) is 0 Å². The molecule has 0 saturated carbocycles. The van der Waals surface area contributed by atoms with E-state index in [0.717, 1.165) is 43.7 Å². The Morgan fingerprint density at radius 3 is 2.90 bits per heavy atom. The Morgan fingerprint density at radius 2 is 2.05 bits per heavy atom. The van der Waals surface area contributed by atoms with Gasteiger partial charge < -0.3 is 10.5 Å². The molecule has 2 unspecified atom stereocenters. The fraction of sp³-hybridized carbons (Fsp3) is 0.389. The van der Waals surface area contributed by atoms with Crippen LogP contribution in [0.4, 0.5) is 0 Å². The first kappa shape index (κ1) is 14.1. The van der Waals surface area contributed by atoms with E-state index in [2.05, 4.69) is 29.2 Å². The van der Waals surface area contributed by atoms with Crippen LogP contribution in [0.5, 0.6) is 5.75 Å². The van der Waals surface area contributed by atoms with Gasteiger partial charge in [0.15, 0.2) is 0 Å². The summed E-state index contributed by atoms with van der Waals surface area (Å²) in [5.74, 6) is 1.55. The highest BCUT2D eigenvalue weighted by molar-refractivity contribution is 5.37. The third kappa shape index (κ3) is 3.61. The van der Waals surface area contributed by atoms with Gasteiger partial charge in [-0.05, 0) is 55.4 Å². The normalized spacial score (nSPS) is 18.6. The number of pyridine rings is 1. The fourth-order valence-electron chi connectivity index (χ4n) is 3.02. The van der Waals surface area contributed by atoms with Gasteiger partial charge in [-0.25, -0.2) is 0 Å². The van der Waals surface area contributed by atoms with Crippen LogP contribution in [-0.4, -0.2) is 17.6 Å². The third-order valence-corrected chi connectivity index (χ3v) is 4.17. The maximum absolute atomic E-state index is 6.34. The van der Waals surface area contributed by atoms with E-state index in [1.165, 1.54) is 5.56 Å². The molecule has 0 bridgehead atoms. The SMILES string of the molecule is NC(CCc1ccccn1)CC1CCOc2ccccc21. The zero-order valence-corrected chi connectivity index (χ0v) is 12.2. The van der Waals surface area contributed by atoms with Gasteiger partial charge in [0, 0.05) is 17.9 Å². The molecule has 0 radical (unpaired) electrons. The average Bonchev–Trinajstić information content (AvgIpc) is 2.54. The van der Waals surface area contributed by atoms with Crippen LogP contribution in [0.3, 0.4) is 0 Å². The zero-order chi connectivity index (χ0) is 14.5. The van der Waals surface area contributed by atoms with Crippen molar-refractivity contribution in [1.29, 1.82) is 0 Å². The second-order valence-corrected chi connectivity index (χ2v) is 5.73. The summed E-state index contributed by atoms with van der Waals surface area (Å²) in [6.07, 6.45) is 5.86. The molecule has 2 heterocycles. The van der Waals surface area contributed by atoms with Gasteiger partial charge in [0.1, 0.15) is 5.75 Å². The van der Waals surface area contributed by atoms with Crippen LogP contribution < -0.4 is 10.5 Å². The minimum absolute atomic E-state index is 0.211. The number of hydrogen-bond donors (Lipinski definition) is 1. The minimum atomic E-state index is 0.211. The van der Waals surface area contributed by atoms with Crippen LogP contribution in [0.15, 0.2) is 48.7 Å². The standard InChI is InChI=1S/C18H22N2O/c19-15(8-9-16-5-3-4-11-20-16)13-14-10-12-21-18-7-2-1-6-17(14)18/h1-7,11,14-15H,8-10,12-13,19H2. The van der Waals surface area contributed by atoms with Gasteiger partial charge in [-0.2, -0.15) is 0 Å². The van der Waals surface area contributed by atoms with Crippen LogP contribution in [-0.2, 0) is 6.42 Å². The number of nitrogens with two attached hydrogens (primary N) is 1. The molecule has 0 amide bonds. The molecule has 3 rings (SSSR count). The van der Waals surface area contributed by atoms with Gasteiger partial charge in [-0.15, -0.1) is 0 Å². The highest BCUT2D eigenvalue weighted by Gasteiger charge is 2.22. The Kier molecular flexibility index (Phi) is 4.51. The van der Waals surface area contributed by atoms with E-state index in [4.69, 9.17) is 10.5 Å². The molecule has 2 aromatic rings. The monoisotopic (exact) mass is 282 g/mol. The second-order valence-electron chi connectivity index (χ2n) is 5.73. The Hall–Kier alpha value is -1.87. The number of aromatic nitrogens is 1. The lowest BCUT2D eigenvalue weighted by molar-refractivity contribution is 0.258. The van der Waals surface area contributed by atoms with Gasteiger partial charge in [0.05, 0.1) is 6.61 Å². The van der Waals surface area contributed by atoms with Crippen LogP contribution in [0.1, 0.15) is 36.4 Å². The molecule has 0 spiro atoms. The summed E-state index contributed by atoms with van der Waals surface area (Å²) in [4.78, 5) is 4.36. The summed E-state index contributed by atoms with van der Waals surface area (Å²) in [7, 11) is 0. The van der Waals surface area contributed by atoms with Gasteiger partial charge in [0.2, 0.25) is 0 Å². The van der Waals surface area contributed by atoms with E-state index in [0.29, 0.717) is 5.92 Å². The van der Waals surface area contributed by atoms with Crippen molar-refractivity contribution in [1.82, 2.24) is 4.98 Å². The van der Waals surface area contributed by atoms with Crippen molar-refractivity contribution in [2.75, 3.05) is 6.61 Å². The molecular weight excluding hydrogens is 260 g/mol. The zero-order valence-electron chi connectivity index (χ0n) is 12.2. The van der Waals surface area contributed by atoms with Crippen molar-refractivity contribution in [2.24, 2.45) is 5.73 Å². The number of aryl methyl sites for hydroxylation is 1. The first-order chi connectivity index (χ1) is 10.3. The first-order valence-corrected chi connectivity index (χ1v) is 7.70. The second kappa shape index (κ2) is 6.72. The average molecular weight is 282 g/mol. The predicted molar refractivity (Wildman–Crippen MR) is 84.4 cm³/mol. The van der Waals surface area contributed by atoms with Crippen LogP contribution in [0.2, 0.25) is 0 Å². The number of hydrogen-bond acceptors (Lipinski definition) is 3.